The number of morpholine rings is 1. The topological polar surface area (TPSA) is 78.6 Å². The molecule has 0 saturated carbocycles. The predicted molar refractivity (Wildman–Crippen MR) is 109 cm³/mol. The van der Waals surface area contributed by atoms with E-state index in [0.29, 0.717) is 38.1 Å². The van der Waals surface area contributed by atoms with Crippen molar-refractivity contribution in [3.05, 3.63) is 83.1 Å². The van der Waals surface area contributed by atoms with Crippen LogP contribution in [0.3, 0.4) is 0 Å². The summed E-state index contributed by atoms with van der Waals surface area (Å²) in [5.74, 6) is 0.122. The van der Waals surface area contributed by atoms with Gasteiger partial charge in [0.2, 0.25) is 17.6 Å². The molecule has 2 fully saturated rings. The summed E-state index contributed by atoms with van der Waals surface area (Å²) < 4.78 is 24.0. The molecular formula is C23H25N3O4. The summed E-state index contributed by atoms with van der Waals surface area (Å²) in [6.45, 7) is 5.32. The molecule has 0 aliphatic carbocycles. The number of nitrogens with zero attached hydrogens (tertiary/aromatic N) is 2. The van der Waals surface area contributed by atoms with Gasteiger partial charge in [-0.05, 0) is 18.6 Å². The third-order valence-electron chi connectivity index (χ3n) is 5.64. The van der Waals surface area contributed by atoms with E-state index in [1.165, 1.54) is 0 Å². The Bertz CT molecular complexity index is 979. The Kier molecular flexibility index (Phi) is 5.35. The SMILES string of the molecule is CC(c1cccc(C2(c3ccccc3)OCCO2)c1)c1nnc(C2CNCCO2)o1. The molecule has 5 rings (SSSR count). The van der Waals surface area contributed by atoms with E-state index in [0.717, 1.165) is 23.2 Å². The van der Waals surface area contributed by atoms with Crippen LogP contribution in [0.2, 0.25) is 0 Å². The molecule has 2 aliphatic heterocycles. The quantitative estimate of drug-likeness (QED) is 0.696. The lowest BCUT2D eigenvalue weighted by Crippen LogP contribution is -2.33. The molecule has 1 N–H and O–H groups in total. The molecule has 1 aromatic heterocycles. The van der Waals surface area contributed by atoms with Gasteiger partial charge in [-0.3, -0.25) is 0 Å². The molecule has 2 aliphatic rings. The van der Waals surface area contributed by atoms with Gasteiger partial charge in [0.25, 0.3) is 0 Å². The minimum Gasteiger partial charge on any atom is -0.422 e. The van der Waals surface area contributed by atoms with Crippen LogP contribution in [-0.2, 0) is 20.0 Å². The molecule has 0 bridgehead atoms. The first-order chi connectivity index (χ1) is 14.8. The second-order valence-corrected chi connectivity index (χ2v) is 7.57. The summed E-state index contributed by atoms with van der Waals surface area (Å²) >= 11 is 0. The monoisotopic (exact) mass is 407 g/mol. The molecule has 0 spiro atoms. The number of ether oxygens (including phenoxy) is 3. The normalized spacial score (nSPS) is 22.1. The van der Waals surface area contributed by atoms with E-state index < -0.39 is 5.79 Å². The van der Waals surface area contributed by atoms with Crippen molar-refractivity contribution in [3.63, 3.8) is 0 Å². The van der Waals surface area contributed by atoms with Crippen LogP contribution >= 0.6 is 0 Å². The summed E-state index contributed by atoms with van der Waals surface area (Å²) in [5.41, 5.74) is 2.99. The first-order valence-corrected chi connectivity index (χ1v) is 10.4. The second-order valence-electron chi connectivity index (χ2n) is 7.57. The van der Waals surface area contributed by atoms with Crippen LogP contribution in [0.5, 0.6) is 0 Å². The molecule has 30 heavy (non-hydrogen) atoms. The van der Waals surface area contributed by atoms with Crippen molar-refractivity contribution in [3.8, 4) is 0 Å². The van der Waals surface area contributed by atoms with Gasteiger partial charge in [-0.1, -0.05) is 48.5 Å². The maximum atomic E-state index is 6.14. The van der Waals surface area contributed by atoms with E-state index in [-0.39, 0.29) is 12.0 Å². The highest BCUT2D eigenvalue weighted by Crippen LogP contribution is 2.39. The van der Waals surface area contributed by atoms with E-state index in [1.807, 2.05) is 42.5 Å². The highest BCUT2D eigenvalue weighted by molar-refractivity contribution is 5.38. The zero-order valence-corrected chi connectivity index (χ0v) is 16.9. The summed E-state index contributed by atoms with van der Waals surface area (Å²) in [6, 6.07) is 18.3. The van der Waals surface area contributed by atoms with Gasteiger partial charge in [0.15, 0.2) is 0 Å². The van der Waals surface area contributed by atoms with Crippen molar-refractivity contribution < 1.29 is 18.6 Å². The lowest BCUT2D eigenvalue weighted by atomic mass is 9.92. The number of hydrogen-bond donors (Lipinski definition) is 1. The van der Waals surface area contributed by atoms with Gasteiger partial charge < -0.3 is 23.9 Å². The van der Waals surface area contributed by atoms with Crippen LogP contribution in [0.1, 0.15) is 47.4 Å². The average Bonchev–Trinajstić information content (AvgIpc) is 3.51. The lowest BCUT2D eigenvalue weighted by Gasteiger charge is -2.29. The fourth-order valence-corrected chi connectivity index (χ4v) is 4.00. The third kappa shape index (κ3) is 3.54. The molecule has 0 radical (unpaired) electrons. The first-order valence-electron chi connectivity index (χ1n) is 10.4. The first kappa shape index (κ1) is 19.4. The van der Waals surface area contributed by atoms with E-state index in [1.54, 1.807) is 0 Å². The summed E-state index contributed by atoms with van der Waals surface area (Å²) in [4.78, 5) is 0. The molecule has 2 saturated heterocycles. The van der Waals surface area contributed by atoms with Crippen LogP contribution in [-0.4, -0.2) is 43.1 Å². The minimum atomic E-state index is -0.890. The van der Waals surface area contributed by atoms with Gasteiger partial charge in [-0.25, -0.2) is 0 Å². The van der Waals surface area contributed by atoms with Gasteiger partial charge >= 0.3 is 0 Å². The van der Waals surface area contributed by atoms with Gasteiger partial charge in [0, 0.05) is 24.2 Å². The zero-order chi connectivity index (χ0) is 20.4. The van der Waals surface area contributed by atoms with Crippen LogP contribution in [0.15, 0.2) is 59.0 Å². The van der Waals surface area contributed by atoms with Crippen molar-refractivity contribution in [1.29, 1.82) is 0 Å². The highest BCUT2D eigenvalue weighted by atomic mass is 16.7. The van der Waals surface area contributed by atoms with Crippen LogP contribution in [0, 0.1) is 0 Å². The van der Waals surface area contributed by atoms with Gasteiger partial charge in [-0.15, -0.1) is 10.2 Å². The largest absolute Gasteiger partial charge is 0.422 e. The maximum absolute atomic E-state index is 6.14. The van der Waals surface area contributed by atoms with Crippen molar-refractivity contribution in [2.75, 3.05) is 32.9 Å². The molecular weight excluding hydrogens is 382 g/mol. The number of nitrogens with one attached hydrogen (secondary N) is 1. The van der Waals surface area contributed by atoms with Crippen molar-refractivity contribution in [1.82, 2.24) is 15.5 Å². The van der Waals surface area contributed by atoms with Crippen molar-refractivity contribution in [2.24, 2.45) is 0 Å². The molecule has 7 heteroatoms. The fraction of sp³-hybridized carbons (Fsp3) is 0.391. The number of benzene rings is 2. The molecule has 156 valence electrons. The molecule has 7 nitrogen and oxygen atoms in total. The Hall–Kier alpha value is -2.58. The minimum absolute atomic E-state index is 0.0722. The molecule has 2 aromatic carbocycles. The van der Waals surface area contributed by atoms with Crippen LogP contribution in [0.4, 0.5) is 0 Å². The molecule has 3 aromatic rings. The number of rotatable bonds is 5. The Morgan fingerprint density at radius 1 is 0.967 bits per heavy atom. The third-order valence-corrected chi connectivity index (χ3v) is 5.64. The van der Waals surface area contributed by atoms with Crippen LogP contribution < -0.4 is 5.32 Å². The second kappa shape index (κ2) is 8.28. The predicted octanol–water partition coefficient (Wildman–Crippen LogP) is 3.13. The maximum Gasteiger partial charge on any atom is 0.246 e. The summed E-state index contributed by atoms with van der Waals surface area (Å²) in [6.07, 6.45) is -0.194. The zero-order valence-electron chi connectivity index (χ0n) is 16.9. The fourth-order valence-electron chi connectivity index (χ4n) is 4.00. The average molecular weight is 407 g/mol. The molecule has 2 atom stereocenters. The summed E-state index contributed by atoms with van der Waals surface area (Å²) in [5, 5.41) is 11.8. The van der Waals surface area contributed by atoms with Gasteiger partial charge in [0.1, 0.15) is 6.10 Å². The van der Waals surface area contributed by atoms with E-state index in [9.17, 15) is 0 Å². The molecule has 0 amide bonds. The lowest BCUT2D eigenvalue weighted by molar-refractivity contribution is -0.129. The number of hydrogen-bond acceptors (Lipinski definition) is 7. The number of aromatic nitrogens is 2. The van der Waals surface area contributed by atoms with Crippen molar-refractivity contribution >= 4 is 0 Å². The Morgan fingerprint density at radius 2 is 1.77 bits per heavy atom. The molecule has 2 unspecified atom stereocenters. The Morgan fingerprint density at radius 3 is 2.53 bits per heavy atom. The van der Waals surface area contributed by atoms with Gasteiger partial charge in [-0.2, -0.15) is 0 Å². The van der Waals surface area contributed by atoms with E-state index in [2.05, 4.69) is 34.6 Å². The van der Waals surface area contributed by atoms with E-state index >= 15 is 0 Å². The Balaban J connectivity index is 1.44. The van der Waals surface area contributed by atoms with Gasteiger partial charge in [0.05, 0.1) is 25.7 Å². The standard InChI is InChI=1S/C23H25N3O4/c1-16(21-25-26-22(30-21)20-15-24-10-11-27-20)17-6-5-9-19(14-17)23(28-12-13-29-23)18-7-3-2-4-8-18/h2-9,14,16,20,24H,10-13,15H2,1H3. The Labute approximate surface area is 175 Å². The smallest absolute Gasteiger partial charge is 0.246 e. The van der Waals surface area contributed by atoms with Crippen molar-refractivity contribution in [2.45, 2.75) is 24.7 Å². The van der Waals surface area contributed by atoms with E-state index in [4.69, 9.17) is 18.6 Å². The highest BCUT2D eigenvalue weighted by Gasteiger charge is 2.40. The summed E-state index contributed by atoms with van der Waals surface area (Å²) in [7, 11) is 0. The van der Waals surface area contributed by atoms with Crippen LogP contribution in [0.25, 0.3) is 0 Å². The molecule has 3 heterocycles.